The molecule has 2 heterocycles. The Morgan fingerprint density at radius 3 is 2.67 bits per heavy atom. The lowest BCUT2D eigenvalue weighted by atomic mass is 9.97. The van der Waals surface area contributed by atoms with E-state index in [1.807, 2.05) is 0 Å². The molecular formula is C15H24N2O. The van der Waals surface area contributed by atoms with E-state index in [9.17, 15) is 4.79 Å². The summed E-state index contributed by atoms with van der Waals surface area (Å²) in [6, 6.07) is 1.10. The van der Waals surface area contributed by atoms with E-state index >= 15 is 0 Å². The third kappa shape index (κ3) is 1.87. The molecule has 1 N–H and O–H groups in total. The lowest BCUT2D eigenvalue weighted by molar-refractivity contribution is -0.126. The second kappa shape index (κ2) is 4.22. The molecule has 0 aromatic rings. The standard InChI is InChI=1S/C15H24N2O/c18-15(12-8-10-7-11(10)9-12)16-13-4-6-17-5-2-1-3-14(13)17/h10-14H,1-9H2,(H,16,18). The van der Waals surface area contributed by atoms with Crippen LogP contribution in [0.2, 0.25) is 0 Å². The zero-order chi connectivity index (χ0) is 12.1. The largest absolute Gasteiger partial charge is 0.352 e. The summed E-state index contributed by atoms with van der Waals surface area (Å²) < 4.78 is 0. The van der Waals surface area contributed by atoms with Crippen LogP contribution in [-0.2, 0) is 4.79 Å². The van der Waals surface area contributed by atoms with Gasteiger partial charge in [-0.3, -0.25) is 9.69 Å². The Labute approximate surface area is 109 Å². The lowest BCUT2D eigenvalue weighted by Crippen LogP contribution is -2.48. The molecule has 3 heteroatoms. The first kappa shape index (κ1) is 11.3. The highest BCUT2D eigenvalue weighted by Gasteiger charge is 2.48. The highest BCUT2D eigenvalue weighted by Crippen LogP contribution is 2.54. The minimum atomic E-state index is 0.353. The van der Waals surface area contributed by atoms with Gasteiger partial charge in [-0.15, -0.1) is 0 Å². The number of carbonyl (C=O) groups is 1. The van der Waals surface area contributed by atoms with Crippen molar-refractivity contribution in [3.8, 4) is 0 Å². The Kier molecular flexibility index (Phi) is 2.65. The zero-order valence-corrected chi connectivity index (χ0v) is 11.1. The van der Waals surface area contributed by atoms with Gasteiger partial charge in [0.15, 0.2) is 0 Å². The molecule has 2 saturated heterocycles. The molecule has 2 saturated carbocycles. The number of nitrogens with one attached hydrogen (secondary N) is 1. The maximum absolute atomic E-state index is 12.3. The van der Waals surface area contributed by atoms with Crippen LogP contribution < -0.4 is 5.32 Å². The van der Waals surface area contributed by atoms with E-state index in [-0.39, 0.29) is 0 Å². The summed E-state index contributed by atoms with van der Waals surface area (Å²) in [6.45, 7) is 2.45. The van der Waals surface area contributed by atoms with Crippen LogP contribution in [0.25, 0.3) is 0 Å². The molecule has 0 radical (unpaired) electrons. The number of rotatable bonds is 2. The van der Waals surface area contributed by atoms with Crippen LogP contribution >= 0.6 is 0 Å². The number of hydrogen-bond acceptors (Lipinski definition) is 2. The van der Waals surface area contributed by atoms with Crippen molar-refractivity contribution in [1.29, 1.82) is 0 Å². The van der Waals surface area contributed by atoms with E-state index in [0.717, 1.165) is 11.8 Å². The van der Waals surface area contributed by atoms with Gasteiger partial charge in [0.05, 0.1) is 0 Å². The van der Waals surface area contributed by atoms with Crippen molar-refractivity contribution in [2.24, 2.45) is 17.8 Å². The highest BCUT2D eigenvalue weighted by atomic mass is 16.2. The zero-order valence-electron chi connectivity index (χ0n) is 11.1. The highest BCUT2D eigenvalue weighted by molar-refractivity contribution is 5.79. The summed E-state index contributed by atoms with van der Waals surface area (Å²) in [5, 5.41) is 3.38. The predicted octanol–water partition coefficient (Wildman–Crippen LogP) is 1.78. The van der Waals surface area contributed by atoms with Crippen molar-refractivity contribution in [1.82, 2.24) is 10.2 Å². The molecule has 4 aliphatic rings. The summed E-state index contributed by atoms with van der Waals surface area (Å²) >= 11 is 0. The first-order valence-corrected chi connectivity index (χ1v) is 7.85. The monoisotopic (exact) mass is 248 g/mol. The number of carbonyl (C=O) groups excluding carboxylic acids is 1. The molecule has 0 spiro atoms. The van der Waals surface area contributed by atoms with Gasteiger partial charge in [-0.25, -0.2) is 0 Å². The van der Waals surface area contributed by atoms with E-state index in [4.69, 9.17) is 0 Å². The number of nitrogens with zero attached hydrogens (tertiary/aromatic N) is 1. The van der Waals surface area contributed by atoms with Crippen LogP contribution in [0, 0.1) is 17.8 Å². The van der Waals surface area contributed by atoms with Gasteiger partial charge in [-0.2, -0.15) is 0 Å². The normalized spacial score (nSPS) is 46.6. The summed E-state index contributed by atoms with van der Waals surface area (Å²) in [5.41, 5.74) is 0. The third-order valence-corrected chi connectivity index (χ3v) is 5.80. The number of fused-ring (bicyclic) bond motifs is 2. The molecular weight excluding hydrogens is 224 g/mol. The Balaban J connectivity index is 1.35. The van der Waals surface area contributed by atoms with Gasteiger partial charge in [-0.1, -0.05) is 6.42 Å². The van der Waals surface area contributed by atoms with E-state index < -0.39 is 0 Å². The van der Waals surface area contributed by atoms with Crippen LogP contribution in [0.1, 0.15) is 44.9 Å². The van der Waals surface area contributed by atoms with Crippen LogP contribution in [0.15, 0.2) is 0 Å². The van der Waals surface area contributed by atoms with Crippen LogP contribution in [-0.4, -0.2) is 36.0 Å². The second-order valence-corrected chi connectivity index (χ2v) is 6.93. The third-order valence-electron chi connectivity index (χ3n) is 5.80. The van der Waals surface area contributed by atoms with Crippen molar-refractivity contribution < 1.29 is 4.79 Å². The quantitative estimate of drug-likeness (QED) is 0.808. The van der Waals surface area contributed by atoms with Crippen LogP contribution in [0.3, 0.4) is 0 Å². The molecule has 4 unspecified atom stereocenters. The Bertz CT molecular complexity index is 346. The van der Waals surface area contributed by atoms with Crippen molar-refractivity contribution >= 4 is 5.91 Å². The topological polar surface area (TPSA) is 32.3 Å². The Hall–Kier alpha value is -0.570. The Morgan fingerprint density at radius 2 is 1.83 bits per heavy atom. The lowest BCUT2D eigenvalue weighted by Gasteiger charge is -2.33. The maximum Gasteiger partial charge on any atom is 0.223 e. The van der Waals surface area contributed by atoms with Crippen molar-refractivity contribution in [2.45, 2.75) is 57.0 Å². The minimum absolute atomic E-state index is 0.353. The average Bonchev–Trinajstić information content (AvgIpc) is 2.84. The molecule has 0 aromatic heterocycles. The molecule has 0 aromatic carbocycles. The maximum atomic E-state index is 12.3. The van der Waals surface area contributed by atoms with Gasteiger partial charge in [0, 0.05) is 24.5 Å². The fourth-order valence-corrected chi connectivity index (χ4v) is 4.65. The Morgan fingerprint density at radius 1 is 1.00 bits per heavy atom. The molecule has 0 bridgehead atoms. The van der Waals surface area contributed by atoms with Crippen LogP contribution in [0.4, 0.5) is 0 Å². The van der Waals surface area contributed by atoms with Gasteiger partial charge in [-0.05, 0) is 56.9 Å². The first-order chi connectivity index (χ1) is 8.81. The SMILES string of the molecule is O=C(NC1CCN2CCCCC12)C1CC2CC2C1. The first-order valence-electron chi connectivity index (χ1n) is 7.85. The van der Waals surface area contributed by atoms with Crippen molar-refractivity contribution in [3.05, 3.63) is 0 Å². The van der Waals surface area contributed by atoms with E-state index in [1.165, 1.54) is 58.0 Å². The number of amides is 1. The molecule has 1 amide bonds. The van der Waals surface area contributed by atoms with Gasteiger partial charge in [0.1, 0.15) is 0 Å². The average molecular weight is 248 g/mol. The van der Waals surface area contributed by atoms with Crippen LogP contribution in [0.5, 0.6) is 0 Å². The number of hydrogen-bond donors (Lipinski definition) is 1. The molecule has 100 valence electrons. The predicted molar refractivity (Wildman–Crippen MR) is 70.1 cm³/mol. The summed E-state index contributed by atoms with van der Waals surface area (Å²) in [5.74, 6) is 2.55. The second-order valence-electron chi connectivity index (χ2n) is 6.93. The molecule has 4 rings (SSSR count). The smallest absolute Gasteiger partial charge is 0.223 e. The van der Waals surface area contributed by atoms with Gasteiger partial charge in [0.2, 0.25) is 5.91 Å². The molecule has 4 fully saturated rings. The van der Waals surface area contributed by atoms with Gasteiger partial charge >= 0.3 is 0 Å². The van der Waals surface area contributed by atoms with Gasteiger partial charge < -0.3 is 5.32 Å². The van der Waals surface area contributed by atoms with Crippen molar-refractivity contribution in [2.75, 3.05) is 13.1 Å². The van der Waals surface area contributed by atoms with Gasteiger partial charge in [0.25, 0.3) is 0 Å². The minimum Gasteiger partial charge on any atom is -0.352 e. The van der Waals surface area contributed by atoms with E-state index in [1.54, 1.807) is 0 Å². The fourth-order valence-electron chi connectivity index (χ4n) is 4.65. The molecule has 4 atom stereocenters. The summed E-state index contributed by atoms with van der Waals surface area (Å²) in [6.07, 6.45) is 8.93. The molecule has 2 aliphatic heterocycles. The molecule has 2 aliphatic carbocycles. The van der Waals surface area contributed by atoms with Crippen molar-refractivity contribution in [3.63, 3.8) is 0 Å². The van der Waals surface area contributed by atoms with E-state index in [2.05, 4.69) is 10.2 Å². The molecule has 3 nitrogen and oxygen atoms in total. The molecule has 18 heavy (non-hydrogen) atoms. The number of piperidine rings is 1. The van der Waals surface area contributed by atoms with E-state index in [0.29, 0.717) is 23.9 Å². The summed E-state index contributed by atoms with van der Waals surface area (Å²) in [4.78, 5) is 14.9. The fraction of sp³-hybridized carbons (Fsp3) is 0.933. The summed E-state index contributed by atoms with van der Waals surface area (Å²) in [7, 11) is 0.